The second kappa shape index (κ2) is 5.41. The molecule has 0 saturated carbocycles. The van der Waals surface area contributed by atoms with Crippen LogP contribution in [-0.4, -0.2) is 28.4 Å². The Bertz CT molecular complexity index is 270. The minimum Gasteiger partial charge on any atom is -0.329 e. The highest BCUT2D eigenvalue weighted by molar-refractivity contribution is 7.99. The molecule has 0 spiro atoms. The molecular formula is C10H19N3S. The zero-order valence-electron chi connectivity index (χ0n) is 9.32. The number of thioether (sulfide) groups is 1. The first kappa shape index (κ1) is 11.6. The Morgan fingerprint density at radius 1 is 1.57 bits per heavy atom. The molecule has 0 aliphatic carbocycles. The van der Waals surface area contributed by atoms with Crippen LogP contribution in [0.4, 0.5) is 0 Å². The standard InChI is InChI=1S/C10H19N3S/c1-8(2)9(11-3)7-14-10-12-5-6-13(10)4/h5-6,8-9,11H,7H2,1-4H3. The highest BCUT2D eigenvalue weighted by atomic mass is 32.2. The summed E-state index contributed by atoms with van der Waals surface area (Å²) < 4.78 is 2.05. The van der Waals surface area contributed by atoms with Crippen molar-refractivity contribution in [3.63, 3.8) is 0 Å². The number of imidazole rings is 1. The molecule has 4 heteroatoms. The molecule has 0 aliphatic heterocycles. The summed E-state index contributed by atoms with van der Waals surface area (Å²) >= 11 is 1.80. The molecule has 1 unspecified atom stereocenters. The minimum absolute atomic E-state index is 0.552. The topological polar surface area (TPSA) is 29.9 Å². The summed E-state index contributed by atoms with van der Waals surface area (Å²) in [6, 6.07) is 0.552. The van der Waals surface area contributed by atoms with Gasteiger partial charge in [0.25, 0.3) is 0 Å². The molecule has 0 fully saturated rings. The molecule has 0 aromatic carbocycles. The first-order valence-corrected chi connectivity index (χ1v) is 5.91. The van der Waals surface area contributed by atoms with Gasteiger partial charge in [0.15, 0.2) is 5.16 Å². The van der Waals surface area contributed by atoms with E-state index in [2.05, 4.69) is 28.7 Å². The van der Waals surface area contributed by atoms with Gasteiger partial charge in [0, 0.05) is 31.2 Å². The van der Waals surface area contributed by atoms with Crippen LogP contribution >= 0.6 is 11.8 Å². The number of hydrogen-bond donors (Lipinski definition) is 1. The summed E-state index contributed by atoms with van der Waals surface area (Å²) in [6.07, 6.45) is 3.82. The summed E-state index contributed by atoms with van der Waals surface area (Å²) in [7, 11) is 4.04. The molecule has 14 heavy (non-hydrogen) atoms. The van der Waals surface area contributed by atoms with Crippen LogP contribution in [0.5, 0.6) is 0 Å². The largest absolute Gasteiger partial charge is 0.329 e. The SMILES string of the molecule is CNC(CSc1nccn1C)C(C)C. The molecule has 1 aromatic rings. The van der Waals surface area contributed by atoms with Gasteiger partial charge in [-0.25, -0.2) is 4.98 Å². The van der Waals surface area contributed by atoms with Crippen molar-refractivity contribution in [1.29, 1.82) is 0 Å². The van der Waals surface area contributed by atoms with Crippen molar-refractivity contribution in [3.8, 4) is 0 Å². The van der Waals surface area contributed by atoms with E-state index in [0.29, 0.717) is 12.0 Å². The lowest BCUT2D eigenvalue weighted by Gasteiger charge is -2.19. The molecule has 1 rings (SSSR count). The smallest absolute Gasteiger partial charge is 0.167 e. The number of aryl methyl sites for hydroxylation is 1. The van der Waals surface area contributed by atoms with Crippen molar-refractivity contribution in [1.82, 2.24) is 14.9 Å². The van der Waals surface area contributed by atoms with E-state index < -0.39 is 0 Å². The fourth-order valence-electron chi connectivity index (χ4n) is 1.26. The van der Waals surface area contributed by atoms with E-state index in [0.717, 1.165) is 10.9 Å². The molecule has 3 nitrogen and oxygen atoms in total. The van der Waals surface area contributed by atoms with Gasteiger partial charge in [0.2, 0.25) is 0 Å². The number of aromatic nitrogens is 2. The van der Waals surface area contributed by atoms with Gasteiger partial charge in [-0.15, -0.1) is 0 Å². The number of rotatable bonds is 5. The van der Waals surface area contributed by atoms with Crippen LogP contribution in [-0.2, 0) is 7.05 Å². The fraction of sp³-hybridized carbons (Fsp3) is 0.700. The van der Waals surface area contributed by atoms with Gasteiger partial charge in [0.05, 0.1) is 0 Å². The quantitative estimate of drug-likeness (QED) is 0.756. The predicted octanol–water partition coefficient (Wildman–Crippen LogP) is 1.76. The molecule has 80 valence electrons. The molecule has 1 atom stereocenters. The highest BCUT2D eigenvalue weighted by Crippen LogP contribution is 2.17. The Morgan fingerprint density at radius 2 is 2.29 bits per heavy atom. The van der Waals surface area contributed by atoms with Crippen molar-refractivity contribution in [2.45, 2.75) is 25.0 Å². The van der Waals surface area contributed by atoms with E-state index >= 15 is 0 Å². The zero-order chi connectivity index (χ0) is 10.6. The molecule has 1 N–H and O–H groups in total. The van der Waals surface area contributed by atoms with Crippen molar-refractivity contribution < 1.29 is 0 Å². The minimum atomic E-state index is 0.552. The van der Waals surface area contributed by atoms with Crippen LogP contribution in [0.2, 0.25) is 0 Å². The normalized spacial score (nSPS) is 13.5. The molecule has 0 radical (unpaired) electrons. The maximum absolute atomic E-state index is 4.28. The highest BCUT2D eigenvalue weighted by Gasteiger charge is 2.12. The third kappa shape index (κ3) is 3.03. The van der Waals surface area contributed by atoms with Gasteiger partial charge in [-0.3, -0.25) is 0 Å². The van der Waals surface area contributed by atoms with Gasteiger partial charge in [-0.2, -0.15) is 0 Å². The first-order valence-electron chi connectivity index (χ1n) is 4.92. The van der Waals surface area contributed by atoms with Gasteiger partial charge < -0.3 is 9.88 Å². The monoisotopic (exact) mass is 213 g/mol. The lowest BCUT2D eigenvalue weighted by molar-refractivity contribution is 0.465. The van der Waals surface area contributed by atoms with E-state index in [1.165, 1.54) is 0 Å². The Kier molecular flexibility index (Phi) is 4.48. The van der Waals surface area contributed by atoms with Crippen LogP contribution in [0.1, 0.15) is 13.8 Å². The van der Waals surface area contributed by atoms with Crippen molar-refractivity contribution in [2.75, 3.05) is 12.8 Å². The van der Waals surface area contributed by atoms with Crippen LogP contribution in [0.3, 0.4) is 0 Å². The zero-order valence-corrected chi connectivity index (χ0v) is 10.1. The molecule has 0 saturated heterocycles. The fourth-order valence-corrected chi connectivity index (χ4v) is 2.54. The Balaban J connectivity index is 2.43. The summed E-state index contributed by atoms with van der Waals surface area (Å²) in [5.74, 6) is 1.73. The summed E-state index contributed by atoms with van der Waals surface area (Å²) in [4.78, 5) is 4.28. The van der Waals surface area contributed by atoms with Crippen molar-refractivity contribution in [3.05, 3.63) is 12.4 Å². The Labute approximate surface area is 90.3 Å². The van der Waals surface area contributed by atoms with E-state index in [4.69, 9.17) is 0 Å². The van der Waals surface area contributed by atoms with Gasteiger partial charge in [-0.1, -0.05) is 25.6 Å². The summed E-state index contributed by atoms with van der Waals surface area (Å²) in [5, 5.41) is 4.41. The third-order valence-electron chi connectivity index (χ3n) is 2.34. The third-order valence-corrected chi connectivity index (χ3v) is 3.52. The van der Waals surface area contributed by atoms with Gasteiger partial charge >= 0.3 is 0 Å². The average molecular weight is 213 g/mol. The van der Waals surface area contributed by atoms with Gasteiger partial charge in [-0.05, 0) is 13.0 Å². The second-order valence-electron chi connectivity index (χ2n) is 3.77. The molecule has 1 heterocycles. The maximum Gasteiger partial charge on any atom is 0.167 e. The van der Waals surface area contributed by atoms with Crippen LogP contribution < -0.4 is 5.32 Å². The Morgan fingerprint density at radius 3 is 2.71 bits per heavy atom. The average Bonchev–Trinajstić information content (AvgIpc) is 2.52. The molecule has 0 amide bonds. The van der Waals surface area contributed by atoms with Crippen LogP contribution in [0.25, 0.3) is 0 Å². The second-order valence-corrected chi connectivity index (χ2v) is 4.76. The van der Waals surface area contributed by atoms with E-state index in [1.807, 2.05) is 26.5 Å². The molecule has 0 aliphatic rings. The maximum atomic E-state index is 4.28. The number of nitrogens with one attached hydrogen (secondary N) is 1. The van der Waals surface area contributed by atoms with Gasteiger partial charge in [0.1, 0.15) is 0 Å². The van der Waals surface area contributed by atoms with E-state index in [9.17, 15) is 0 Å². The lowest BCUT2D eigenvalue weighted by atomic mass is 10.1. The van der Waals surface area contributed by atoms with Crippen molar-refractivity contribution in [2.24, 2.45) is 13.0 Å². The Hall–Kier alpha value is -0.480. The predicted molar refractivity (Wildman–Crippen MR) is 61.6 cm³/mol. The first-order chi connectivity index (χ1) is 6.65. The lowest BCUT2D eigenvalue weighted by Crippen LogP contribution is -2.32. The number of hydrogen-bond acceptors (Lipinski definition) is 3. The van der Waals surface area contributed by atoms with E-state index in [1.54, 1.807) is 11.8 Å². The van der Waals surface area contributed by atoms with Crippen LogP contribution in [0, 0.1) is 5.92 Å². The summed E-state index contributed by atoms with van der Waals surface area (Å²) in [6.45, 7) is 4.47. The molecular weight excluding hydrogens is 194 g/mol. The van der Waals surface area contributed by atoms with E-state index in [-0.39, 0.29) is 0 Å². The molecule has 1 aromatic heterocycles. The summed E-state index contributed by atoms with van der Waals surface area (Å²) in [5.41, 5.74) is 0. The van der Waals surface area contributed by atoms with Crippen molar-refractivity contribution >= 4 is 11.8 Å². The van der Waals surface area contributed by atoms with Crippen LogP contribution in [0.15, 0.2) is 17.6 Å². The molecule has 0 bridgehead atoms. The number of nitrogens with zero attached hydrogens (tertiary/aromatic N) is 2.